The summed E-state index contributed by atoms with van der Waals surface area (Å²) in [4.78, 5) is 15.0. The van der Waals surface area contributed by atoms with E-state index in [2.05, 4.69) is 52.1 Å². The summed E-state index contributed by atoms with van der Waals surface area (Å²) in [5.74, 6) is 0.440. The van der Waals surface area contributed by atoms with Gasteiger partial charge in [-0.15, -0.1) is 0 Å². The van der Waals surface area contributed by atoms with Crippen LogP contribution in [0.15, 0.2) is 42.5 Å². The summed E-state index contributed by atoms with van der Waals surface area (Å²) in [6.07, 6.45) is 0.949. The van der Waals surface area contributed by atoms with Gasteiger partial charge in [0.05, 0.1) is 0 Å². The van der Waals surface area contributed by atoms with Gasteiger partial charge in [-0.1, -0.05) is 31.2 Å². The maximum atomic E-state index is 13.1. The lowest BCUT2D eigenvalue weighted by atomic mass is 9.79. The second-order valence-corrected chi connectivity index (χ2v) is 7.54. The smallest absolute Gasteiger partial charge is 0.308 e. The normalized spacial score (nSPS) is 18.9. The molecule has 1 aliphatic rings. The van der Waals surface area contributed by atoms with Gasteiger partial charge in [0.15, 0.2) is 0 Å². The highest BCUT2D eigenvalue weighted by Crippen LogP contribution is 2.44. The van der Waals surface area contributed by atoms with Crippen LogP contribution in [0, 0.1) is 13.8 Å². The number of nitrogens with one attached hydrogen (secondary N) is 1. The highest BCUT2D eigenvalue weighted by atomic mass is 16.2. The van der Waals surface area contributed by atoms with Gasteiger partial charge in [-0.05, 0) is 74.9 Å². The Morgan fingerprint density at radius 3 is 2.42 bits per heavy atom. The molecule has 0 saturated heterocycles. The average Bonchev–Trinajstić information content (AvgIpc) is 2.49. The van der Waals surface area contributed by atoms with E-state index < -0.39 is 0 Å². The maximum absolute atomic E-state index is 13.1. The number of para-hydroxylation sites is 1. The van der Waals surface area contributed by atoms with Crippen LogP contribution in [0.2, 0.25) is 0 Å². The summed E-state index contributed by atoms with van der Waals surface area (Å²) in [5.41, 5.74) is 5.39. The standard InChI is InChI=1S/C21H26N2O/c1-14-11-18-16(3)13-21(4,5)23(19(18)12-15(14)2)20(24)22-17-9-7-6-8-10-17/h6-12,16H,13H2,1-5H3,(H,22,24). The number of carbonyl (C=O) groups is 1. The van der Waals surface area contributed by atoms with Crippen LogP contribution in [0.4, 0.5) is 16.2 Å². The van der Waals surface area contributed by atoms with E-state index in [1.54, 1.807) is 0 Å². The summed E-state index contributed by atoms with van der Waals surface area (Å²) in [6, 6.07) is 14.0. The van der Waals surface area contributed by atoms with Gasteiger partial charge in [-0.2, -0.15) is 0 Å². The molecule has 3 nitrogen and oxygen atoms in total. The Hall–Kier alpha value is -2.29. The Morgan fingerprint density at radius 2 is 1.75 bits per heavy atom. The Morgan fingerprint density at radius 1 is 1.12 bits per heavy atom. The van der Waals surface area contributed by atoms with Crippen LogP contribution >= 0.6 is 0 Å². The molecule has 3 heteroatoms. The van der Waals surface area contributed by atoms with E-state index in [9.17, 15) is 4.79 Å². The number of rotatable bonds is 1. The molecule has 1 atom stereocenters. The van der Waals surface area contributed by atoms with Crippen molar-refractivity contribution in [2.45, 2.75) is 52.5 Å². The number of carbonyl (C=O) groups excluding carboxylic acids is 1. The lowest BCUT2D eigenvalue weighted by Crippen LogP contribution is -2.53. The monoisotopic (exact) mass is 322 g/mol. The van der Waals surface area contributed by atoms with E-state index >= 15 is 0 Å². The zero-order valence-corrected chi connectivity index (χ0v) is 15.2. The summed E-state index contributed by atoms with van der Waals surface area (Å²) < 4.78 is 0. The summed E-state index contributed by atoms with van der Waals surface area (Å²) >= 11 is 0. The molecular weight excluding hydrogens is 296 g/mol. The SMILES string of the molecule is Cc1cc2c(cc1C)N(C(=O)Nc1ccccc1)C(C)(C)CC2C. The lowest BCUT2D eigenvalue weighted by molar-refractivity contribution is 0.247. The fraction of sp³-hybridized carbons (Fsp3) is 0.381. The van der Waals surface area contributed by atoms with Crippen molar-refractivity contribution in [1.82, 2.24) is 0 Å². The molecule has 2 aromatic carbocycles. The number of benzene rings is 2. The third-order valence-electron chi connectivity index (χ3n) is 5.05. The van der Waals surface area contributed by atoms with Crippen molar-refractivity contribution in [3.8, 4) is 0 Å². The van der Waals surface area contributed by atoms with Crippen LogP contribution in [-0.2, 0) is 0 Å². The van der Waals surface area contributed by atoms with Crippen molar-refractivity contribution in [3.63, 3.8) is 0 Å². The number of hydrogen-bond acceptors (Lipinski definition) is 1. The number of aryl methyl sites for hydroxylation is 2. The minimum absolute atomic E-state index is 0.0670. The molecule has 1 aliphatic heterocycles. The maximum Gasteiger partial charge on any atom is 0.326 e. The molecule has 126 valence electrons. The molecule has 2 aromatic rings. The van der Waals surface area contributed by atoms with Crippen molar-refractivity contribution in [1.29, 1.82) is 0 Å². The van der Waals surface area contributed by atoms with Crippen molar-refractivity contribution in [2.24, 2.45) is 0 Å². The molecule has 0 spiro atoms. The number of amides is 2. The van der Waals surface area contributed by atoms with E-state index in [-0.39, 0.29) is 11.6 Å². The van der Waals surface area contributed by atoms with Crippen molar-refractivity contribution < 1.29 is 4.79 Å². The summed E-state index contributed by atoms with van der Waals surface area (Å²) in [7, 11) is 0. The number of anilines is 2. The first-order valence-corrected chi connectivity index (χ1v) is 8.57. The van der Waals surface area contributed by atoms with Crippen LogP contribution in [0.5, 0.6) is 0 Å². The Balaban J connectivity index is 2.04. The second-order valence-electron chi connectivity index (χ2n) is 7.54. The van der Waals surface area contributed by atoms with E-state index in [0.717, 1.165) is 17.8 Å². The molecule has 1 unspecified atom stereocenters. The quantitative estimate of drug-likeness (QED) is 0.725. The fourth-order valence-electron chi connectivity index (χ4n) is 3.77. The van der Waals surface area contributed by atoms with Gasteiger partial charge in [0.2, 0.25) is 0 Å². The van der Waals surface area contributed by atoms with Crippen LogP contribution in [0.1, 0.15) is 49.8 Å². The van der Waals surface area contributed by atoms with Crippen LogP contribution in [0.25, 0.3) is 0 Å². The zero-order valence-electron chi connectivity index (χ0n) is 15.2. The summed E-state index contributed by atoms with van der Waals surface area (Å²) in [5, 5.41) is 3.04. The average molecular weight is 322 g/mol. The minimum atomic E-state index is -0.229. The number of hydrogen-bond donors (Lipinski definition) is 1. The first kappa shape index (κ1) is 16.6. The highest BCUT2D eigenvalue weighted by Gasteiger charge is 2.40. The molecule has 0 aromatic heterocycles. The van der Waals surface area contributed by atoms with Gasteiger partial charge >= 0.3 is 6.03 Å². The van der Waals surface area contributed by atoms with Crippen molar-refractivity contribution in [3.05, 3.63) is 59.2 Å². The van der Waals surface area contributed by atoms with Gasteiger partial charge in [-0.3, -0.25) is 4.90 Å². The Kier molecular flexibility index (Phi) is 4.12. The largest absolute Gasteiger partial charge is 0.326 e. The van der Waals surface area contributed by atoms with Crippen LogP contribution in [0.3, 0.4) is 0 Å². The predicted octanol–water partition coefficient (Wildman–Crippen LogP) is 5.63. The molecular formula is C21H26N2O. The summed E-state index contributed by atoms with van der Waals surface area (Å²) in [6.45, 7) is 10.8. The zero-order chi connectivity index (χ0) is 17.5. The van der Waals surface area contributed by atoms with Gasteiger partial charge in [0.1, 0.15) is 0 Å². The Labute approximate surface area is 144 Å². The van der Waals surface area contributed by atoms with Crippen LogP contribution in [-0.4, -0.2) is 11.6 Å². The highest BCUT2D eigenvalue weighted by molar-refractivity contribution is 6.03. The predicted molar refractivity (Wildman–Crippen MR) is 101 cm³/mol. The lowest BCUT2D eigenvalue weighted by Gasteiger charge is -2.46. The Bertz CT molecular complexity index is 765. The third-order valence-corrected chi connectivity index (χ3v) is 5.05. The topological polar surface area (TPSA) is 32.3 Å². The van der Waals surface area contributed by atoms with E-state index in [1.165, 1.54) is 16.7 Å². The first-order valence-electron chi connectivity index (χ1n) is 8.57. The van der Waals surface area contributed by atoms with Gasteiger partial charge in [0, 0.05) is 16.9 Å². The molecule has 24 heavy (non-hydrogen) atoms. The van der Waals surface area contributed by atoms with E-state index in [4.69, 9.17) is 0 Å². The van der Waals surface area contributed by atoms with Gasteiger partial charge < -0.3 is 5.32 Å². The molecule has 0 fully saturated rings. The van der Waals surface area contributed by atoms with Crippen molar-refractivity contribution >= 4 is 17.4 Å². The molecule has 0 saturated carbocycles. The molecule has 1 N–H and O–H groups in total. The van der Waals surface area contributed by atoms with Gasteiger partial charge in [0.25, 0.3) is 0 Å². The van der Waals surface area contributed by atoms with E-state index in [0.29, 0.717) is 5.92 Å². The fourth-order valence-corrected chi connectivity index (χ4v) is 3.77. The van der Waals surface area contributed by atoms with E-state index in [1.807, 2.05) is 35.2 Å². The molecule has 0 aliphatic carbocycles. The minimum Gasteiger partial charge on any atom is -0.308 e. The molecule has 0 radical (unpaired) electrons. The molecule has 3 rings (SSSR count). The van der Waals surface area contributed by atoms with Gasteiger partial charge in [-0.25, -0.2) is 4.79 Å². The molecule has 0 bridgehead atoms. The third kappa shape index (κ3) is 2.91. The number of urea groups is 1. The number of fused-ring (bicyclic) bond motifs is 1. The first-order chi connectivity index (χ1) is 11.3. The molecule has 1 heterocycles. The molecule has 2 amide bonds. The number of nitrogens with zero attached hydrogens (tertiary/aromatic N) is 1. The second kappa shape index (κ2) is 5.97. The van der Waals surface area contributed by atoms with Crippen LogP contribution < -0.4 is 10.2 Å². The van der Waals surface area contributed by atoms with Crippen molar-refractivity contribution in [2.75, 3.05) is 10.2 Å².